The standard InChI is InChI=1S/C29H35N3O3/c1-19-7-5-8-20(2)26(19)21-12-15-31(16-13-21)18-24-23-10-3-4-11-25(23)30-27(24)28(33)32-14-6-9-22(17-32)29(34)35/h3-5,7-8,10-11,21-22,30H,6,9,12-18H2,1-2H3,(H,34,35). The number of H-pyrrole nitrogens is 1. The maximum atomic E-state index is 13.6. The number of nitrogens with one attached hydrogen (secondary N) is 1. The third-order valence-corrected chi connectivity index (χ3v) is 8.01. The first kappa shape index (κ1) is 23.6. The number of benzene rings is 2. The van der Waals surface area contributed by atoms with Crippen molar-refractivity contribution in [3.05, 3.63) is 70.4 Å². The molecule has 0 radical (unpaired) electrons. The van der Waals surface area contributed by atoms with Gasteiger partial charge in [0.25, 0.3) is 5.91 Å². The number of aliphatic carboxylic acids is 1. The molecule has 1 unspecified atom stereocenters. The summed E-state index contributed by atoms with van der Waals surface area (Å²) in [4.78, 5) is 32.7. The third-order valence-electron chi connectivity index (χ3n) is 8.01. The number of carbonyl (C=O) groups excluding carboxylic acids is 1. The Labute approximate surface area is 206 Å². The monoisotopic (exact) mass is 473 g/mol. The third kappa shape index (κ3) is 4.72. The van der Waals surface area contributed by atoms with Crippen molar-refractivity contribution in [1.82, 2.24) is 14.8 Å². The lowest BCUT2D eigenvalue weighted by Crippen LogP contribution is -2.43. The highest BCUT2D eigenvalue weighted by Crippen LogP contribution is 2.34. The molecule has 0 aliphatic carbocycles. The molecule has 2 aromatic carbocycles. The minimum atomic E-state index is -0.814. The minimum Gasteiger partial charge on any atom is -0.481 e. The van der Waals surface area contributed by atoms with Crippen LogP contribution < -0.4 is 0 Å². The van der Waals surface area contributed by atoms with E-state index in [1.165, 1.54) is 16.7 Å². The predicted molar refractivity (Wildman–Crippen MR) is 138 cm³/mol. The van der Waals surface area contributed by atoms with Gasteiger partial charge in [-0.2, -0.15) is 0 Å². The van der Waals surface area contributed by atoms with E-state index < -0.39 is 11.9 Å². The van der Waals surface area contributed by atoms with Gasteiger partial charge in [-0.1, -0.05) is 36.4 Å². The Morgan fingerprint density at radius 3 is 2.40 bits per heavy atom. The van der Waals surface area contributed by atoms with Gasteiger partial charge in [-0.3, -0.25) is 14.5 Å². The molecule has 2 saturated heterocycles. The number of hydrogen-bond acceptors (Lipinski definition) is 3. The SMILES string of the molecule is Cc1cccc(C)c1C1CCN(Cc2c(C(=O)N3CCCC(C(=O)O)C3)[nH]c3ccccc23)CC1. The number of para-hydroxylation sites is 1. The average Bonchev–Trinajstić information content (AvgIpc) is 3.23. The quantitative estimate of drug-likeness (QED) is 0.540. The van der Waals surface area contributed by atoms with E-state index in [0.717, 1.165) is 55.4 Å². The second-order valence-corrected chi connectivity index (χ2v) is 10.3. The average molecular weight is 474 g/mol. The van der Waals surface area contributed by atoms with Gasteiger partial charge in [0.15, 0.2) is 0 Å². The van der Waals surface area contributed by atoms with Crippen molar-refractivity contribution in [2.24, 2.45) is 5.92 Å². The Morgan fingerprint density at radius 1 is 0.971 bits per heavy atom. The number of hydrogen-bond donors (Lipinski definition) is 2. The number of nitrogens with zero attached hydrogens (tertiary/aromatic N) is 2. The van der Waals surface area contributed by atoms with Crippen LogP contribution in [0, 0.1) is 19.8 Å². The smallest absolute Gasteiger partial charge is 0.308 e. The Morgan fingerprint density at radius 2 is 1.69 bits per heavy atom. The Kier molecular flexibility index (Phi) is 6.65. The van der Waals surface area contributed by atoms with Crippen molar-refractivity contribution in [3.63, 3.8) is 0 Å². The number of carboxylic acids is 1. The molecule has 3 heterocycles. The van der Waals surface area contributed by atoms with E-state index in [1.54, 1.807) is 4.90 Å². The van der Waals surface area contributed by atoms with Crippen LogP contribution in [0.2, 0.25) is 0 Å². The summed E-state index contributed by atoms with van der Waals surface area (Å²) < 4.78 is 0. The summed E-state index contributed by atoms with van der Waals surface area (Å²) in [5, 5.41) is 10.6. The zero-order valence-corrected chi connectivity index (χ0v) is 20.7. The fourth-order valence-corrected chi connectivity index (χ4v) is 6.14. The number of carbonyl (C=O) groups is 2. The van der Waals surface area contributed by atoms with Gasteiger partial charge >= 0.3 is 5.97 Å². The second-order valence-electron chi connectivity index (χ2n) is 10.3. The van der Waals surface area contributed by atoms with Gasteiger partial charge in [0.1, 0.15) is 5.69 Å². The Hall–Kier alpha value is -3.12. The minimum absolute atomic E-state index is 0.0763. The van der Waals surface area contributed by atoms with Crippen LogP contribution in [-0.2, 0) is 11.3 Å². The summed E-state index contributed by atoms with van der Waals surface area (Å²) in [6, 6.07) is 14.7. The summed E-state index contributed by atoms with van der Waals surface area (Å²) in [6.07, 6.45) is 3.59. The van der Waals surface area contributed by atoms with Crippen molar-refractivity contribution >= 4 is 22.8 Å². The first-order valence-electron chi connectivity index (χ1n) is 12.8. The molecule has 2 N–H and O–H groups in total. The predicted octanol–water partition coefficient (Wildman–Crippen LogP) is 5.10. The fraction of sp³-hybridized carbons (Fsp3) is 0.448. The lowest BCUT2D eigenvalue weighted by atomic mass is 9.84. The molecule has 184 valence electrons. The number of carboxylic acid groups (broad SMARTS) is 1. The number of likely N-dealkylation sites (tertiary alicyclic amines) is 2. The molecule has 0 bridgehead atoms. The van der Waals surface area contributed by atoms with Crippen molar-refractivity contribution in [3.8, 4) is 0 Å². The molecule has 2 aliphatic heterocycles. The maximum Gasteiger partial charge on any atom is 0.308 e. The summed E-state index contributed by atoms with van der Waals surface area (Å²) in [5.41, 5.74) is 6.89. The summed E-state index contributed by atoms with van der Waals surface area (Å²) in [6.45, 7) is 8.04. The van der Waals surface area contributed by atoms with E-state index in [1.807, 2.05) is 18.2 Å². The largest absolute Gasteiger partial charge is 0.481 e. The Bertz CT molecular complexity index is 1220. The van der Waals surface area contributed by atoms with E-state index in [9.17, 15) is 14.7 Å². The zero-order valence-electron chi connectivity index (χ0n) is 20.7. The lowest BCUT2D eigenvalue weighted by Gasteiger charge is -2.34. The summed E-state index contributed by atoms with van der Waals surface area (Å²) in [5.74, 6) is -0.791. The van der Waals surface area contributed by atoms with E-state index >= 15 is 0 Å². The normalized spacial score (nSPS) is 19.8. The molecular formula is C29H35N3O3. The van der Waals surface area contributed by atoms with Crippen LogP contribution in [0.5, 0.6) is 0 Å². The molecule has 3 aromatic rings. The van der Waals surface area contributed by atoms with Crippen LogP contribution in [0.4, 0.5) is 0 Å². The number of aryl methyl sites for hydroxylation is 2. The molecule has 35 heavy (non-hydrogen) atoms. The molecule has 5 rings (SSSR count). The maximum absolute atomic E-state index is 13.6. The number of fused-ring (bicyclic) bond motifs is 1. The molecule has 6 heteroatoms. The summed E-state index contributed by atoms with van der Waals surface area (Å²) in [7, 11) is 0. The van der Waals surface area contributed by atoms with Gasteiger partial charge in [0.05, 0.1) is 5.92 Å². The Balaban J connectivity index is 1.36. The summed E-state index contributed by atoms with van der Waals surface area (Å²) >= 11 is 0. The van der Waals surface area contributed by atoms with Gasteiger partial charge in [-0.15, -0.1) is 0 Å². The van der Waals surface area contributed by atoms with Gasteiger partial charge in [0.2, 0.25) is 0 Å². The van der Waals surface area contributed by atoms with Crippen molar-refractivity contribution in [2.45, 2.75) is 52.0 Å². The number of aromatic nitrogens is 1. The van der Waals surface area contributed by atoms with Gasteiger partial charge < -0.3 is 15.0 Å². The van der Waals surface area contributed by atoms with E-state index in [4.69, 9.17) is 0 Å². The first-order valence-corrected chi connectivity index (χ1v) is 12.8. The van der Waals surface area contributed by atoms with Crippen LogP contribution >= 0.6 is 0 Å². The van der Waals surface area contributed by atoms with E-state index in [0.29, 0.717) is 24.6 Å². The van der Waals surface area contributed by atoms with E-state index in [2.05, 4.69) is 48.0 Å². The van der Waals surface area contributed by atoms with Crippen LogP contribution in [0.3, 0.4) is 0 Å². The van der Waals surface area contributed by atoms with Crippen LogP contribution in [-0.4, -0.2) is 57.9 Å². The highest BCUT2D eigenvalue weighted by molar-refractivity contribution is 6.01. The lowest BCUT2D eigenvalue weighted by molar-refractivity contribution is -0.143. The van der Waals surface area contributed by atoms with E-state index in [-0.39, 0.29) is 12.5 Å². The second kappa shape index (κ2) is 9.86. The number of piperidine rings is 2. The van der Waals surface area contributed by atoms with Crippen LogP contribution in [0.15, 0.2) is 42.5 Å². The van der Waals surface area contributed by atoms with Gasteiger partial charge in [-0.05, 0) is 81.3 Å². The molecular weight excluding hydrogens is 438 g/mol. The van der Waals surface area contributed by atoms with Gasteiger partial charge in [-0.25, -0.2) is 0 Å². The van der Waals surface area contributed by atoms with Crippen molar-refractivity contribution < 1.29 is 14.7 Å². The number of amides is 1. The van der Waals surface area contributed by atoms with Crippen LogP contribution in [0.25, 0.3) is 10.9 Å². The van der Waals surface area contributed by atoms with Gasteiger partial charge in [0, 0.05) is 36.1 Å². The number of aromatic amines is 1. The fourth-order valence-electron chi connectivity index (χ4n) is 6.14. The van der Waals surface area contributed by atoms with Crippen LogP contribution in [0.1, 0.15) is 64.3 Å². The molecule has 1 atom stereocenters. The van der Waals surface area contributed by atoms with Crippen molar-refractivity contribution in [2.75, 3.05) is 26.2 Å². The van der Waals surface area contributed by atoms with Crippen molar-refractivity contribution in [1.29, 1.82) is 0 Å². The molecule has 1 amide bonds. The highest BCUT2D eigenvalue weighted by atomic mass is 16.4. The first-order chi connectivity index (χ1) is 16.9. The molecule has 2 aliphatic rings. The zero-order chi connectivity index (χ0) is 24.5. The molecule has 6 nitrogen and oxygen atoms in total. The molecule has 0 saturated carbocycles. The number of rotatable bonds is 5. The molecule has 2 fully saturated rings. The topological polar surface area (TPSA) is 76.6 Å². The molecule has 0 spiro atoms. The molecule has 1 aromatic heterocycles. The highest BCUT2D eigenvalue weighted by Gasteiger charge is 2.32.